The molecule has 0 radical (unpaired) electrons. The first-order chi connectivity index (χ1) is 12.6. The van der Waals surface area contributed by atoms with Gasteiger partial charge in [0, 0.05) is 15.6 Å². The van der Waals surface area contributed by atoms with Crippen LogP contribution in [0.15, 0.2) is 56.6 Å². The van der Waals surface area contributed by atoms with Gasteiger partial charge in [-0.05, 0) is 37.3 Å². The van der Waals surface area contributed by atoms with Gasteiger partial charge in [0.1, 0.15) is 0 Å². The highest BCUT2D eigenvalue weighted by Gasteiger charge is 2.21. The van der Waals surface area contributed by atoms with E-state index < -0.39 is 0 Å². The summed E-state index contributed by atoms with van der Waals surface area (Å²) in [5, 5.41) is 8.09. The van der Waals surface area contributed by atoms with E-state index in [4.69, 9.17) is 13.9 Å². The van der Waals surface area contributed by atoms with Gasteiger partial charge in [0.05, 0.1) is 5.25 Å². The lowest BCUT2D eigenvalue weighted by atomic mass is 10.1. The van der Waals surface area contributed by atoms with Gasteiger partial charge in [0.15, 0.2) is 17.3 Å². The molecule has 0 aliphatic carbocycles. The first-order valence-electron chi connectivity index (χ1n) is 7.80. The fourth-order valence-corrected chi connectivity index (χ4v) is 3.48. The van der Waals surface area contributed by atoms with Crippen LogP contribution < -0.4 is 9.47 Å². The topological polar surface area (TPSA) is 74.5 Å². The molecule has 0 fully saturated rings. The monoisotopic (exact) mass is 432 g/mol. The van der Waals surface area contributed by atoms with Crippen LogP contribution >= 0.6 is 27.7 Å². The number of hydrogen-bond donors (Lipinski definition) is 0. The minimum absolute atomic E-state index is 0.00493. The van der Waals surface area contributed by atoms with Crippen LogP contribution in [0.1, 0.15) is 17.3 Å². The summed E-state index contributed by atoms with van der Waals surface area (Å²) >= 11 is 4.60. The Morgan fingerprint density at radius 2 is 1.88 bits per heavy atom. The lowest BCUT2D eigenvalue weighted by Gasteiger charge is -2.07. The van der Waals surface area contributed by atoms with Gasteiger partial charge in [0.2, 0.25) is 12.7 Å². The molecule has 132 valence electrons. The average molecular weight is 433 g/mol. The maximum Gasteiger partial charge on any atom is 0.277 e. The van der Waals surface area contributed by atoms with Crippen LogP contribution in [0.25, 0.3) is 11.5 Å². The zero-order chi connectivity index (χ0) is 18.1. The number of rotatable bonds is 5. The average Bonchev–Trinajstić information content (AvgIpc) is 3.30. The number of nitrogens with zero attached hydrogens (tertiary/aromatic N) is 2. The van der Waals surface area contributed by atoms with Crippen molar-refractivity contribution >= 4 is 33.5 Å². The number of carbonyl (C=O) groups is 1. The van der Waals surface area contributed by atoms with E-state index in [-0.39, 0.29) is 17.8 Å². The van der Waals surface area contributed by atoms with E-state index in [1.54, 1.807) is 24.3 Å². The lowest BCUT2D eigenvalue weighted by molar-refractivity contribution is 0.0993. The highest BCUT2D eigenvalue weighted by Crippen LogP contribution is 2.36. The Morgan fingerprint density at radius 3 is 2.69 bits per heavy atom. The molecule has 1 aromatic heterocycles. The highest BCUT2D eigenvalue weighted by molar-refractivity contribution is 9.10. The Labute approximate surface area is 162 Å². The van der Waals surface area contributed by atoms with E-state index in [0.717, 1.165) is 10.0 Å². The smallest absolute Gasteiger partial charge is 0.277 e. The molecule has 0 saturated carbocycles. The van der Waals surface area contributed by atoms with E-state index in [0.29, 0.717) is 28.2 Å². The van der Waals surface area contributed by atoms with Crippen molar-refractivity contribution in [2.75, 3.05) is 6.79 Å². The summed E-state index contributed by atoms with van der Waals surface area (Å²) in [6, 6.07) is 12.7. The number of thioether (sulfide) groups is 1. The second kappa shape index (κ2) is 7.13. The summed E-state index contributed by atoms with van der Waals surface area (Å²) < 4.78 is 17.3. The van der Waals surface area contributed by atoms with Gasteiger partial charge in [-0.2, -0.15) is 0 Å². The molecule has 3 aromatic rings. The van der Waals surface area contributed by atoms with Gasteiger partial charge >= 0.3 is 0 Å². The number of ether oxygens (including phenoxy) is 2. The molecular formula is C18H13BrN2O4S. The van der Waals surface area contributed by atoms with Gasteiger partial charge in [0.25, 0.3) is 5.22 Å². The molecule has 0 bridgehead atoms. The zero-order valence-electron chi connectivity index (χ0n) is 13.6. The number of Topliss-reactive ketones (excluding diaryl/α,β-unsaturated/α-hetero) is 1. The molecule has 6 nitrogen and oxygen atoms in total. The quantitative estimate of drug-likeness (QED) is 0.430. The number of benzene rings is 2. The van der Waals surface area contributed by atoms with E-state index in [1.165, 1.54) is 11.8 Å². The first-order valence-corrected chi connectivity index (χ1v) is 9.47. The maximum absolute atomic E-state index is 12.5. The highest BCUT2D eigenvalue weighted by atomic mass is 79.9. The Morgan fingerprint density at radius 1 is 1.12 bits per heavy atom. The van der Waals surface area contributed by atoms with Crippen molar-refractivity contribution in [2.45, 2.75) is 17.4 Å². The van der Waals surface area contributed by atoms with Crippen LogP contribution in [0, 0.1) is 0 Å². The summed E-state index contributed by atoms with van der Waals surface area (Å²) in [5.41, 5.74) is 1.38. The van der Waals surface area contributed by atoms with Crippen LogP contribution in [-0.4, -0.2) is 28.0 Å². The largest absolute Gasteiger partial charge is 0.454 e. The molecule has 1 aliphatic rings. The second-order valence-corrected chi connectivity index (χ2v) is 7.78. The van der Waals surface area contributed by atoms with Gasteiger partial charge in [-0.25, -0.2) is 0 Å². The third-order valence-corrected chi connectivity index (χ3v) is 5.26. The van der Waals surface area contributed by atoms with Crippen LogP contribution in [0.4, 0.5) is 0 Å². The van der Waals surface area contributed by atoms with Crippen molar-refractivity contribution in [2.24, 2.45) is 0 Å². The molecule has 1 atom stereocenters. The van der Waals surface area contributed by atoms with Crippen molar-refractivity contribution in [1.82, 2.24) is 10.2 Å². The van der Waals surface area contributed by atoms with Crippen LogP contribution in [0.5, 0.6) is 11.5 Å². The summed E-state index contributed by atoms with van der Waals surface area (Å²) in [6.45, 7) is 2.03. The molecule has 0 unspecified atom stereocenters. The molecule has 26 heavy (non-hydrogen) atoms. The van der Waals surface area contributed by atoms with E-state index in [2.05, 4.69) is 26.1 Å². The number of ketones is 1. The number of aromatic nitrogens is 2. The molecular weight excluding hydrogens is 420 g/mol. The van der Waals surface area contributed by atoms with Crippen LogP contribution in [0.2, 0.25) is 0 Å². The molecule has 0 amide bonds. The lowest BCUT2D eigenvalue weighted by Crippen LogP contribution is -2.13. The van der Waals surface area contributed by atoms with Gasteiger partial charge < -0.3 is 13.9 Å². The van der Waals surface area contributed by atoms with Crippen molar-refractivity contribution in [3.05, 3.63) is 52.5 Å². The molecule has 4 rings (SSSR count). The minimum Gasteiger partial charge on any atom is -0.454 e. The fourth-order valence-electron chi connectivity index (χ4n) is 2.46. The van der Waals surface area contributed by atoms with E-state index in [1.807, 2.05) is 25.1 Å². The van der Waals surface area contributed by atoms with Gasteiger partial charge in [-0.3, -0.25) is 4.79 Å². The molecule has 2 aromatic carbocycles. The summed E-state index contributed by atoms with van der Waals surface area (Å²) in [4.78, 5) is 12.5. The Bertz CT molecular complexity index is 958. The molecule has 1 aliphatic heterocycles. The van der Waals surface area contributed by atoms with Crippen LogP contribution in [0.3, 0.4) is 0 Å². The Hall–Kier alpha value is -2.32. The summed E-state index contributed by atoms with van der Waals surface area (Å²) in [6.07, 6.45) is 0. The first kappa shape index (κ1) is 17.1. The second-order valence-electron chi connectivity index (χ2n) is 5.57. The predicted molar refractivity (Wildman–Crippen MR) is 99.6 cm³/mol. The molecule has 0 spiro atoms. The summed E-state index contributed by atoms with van der Waals surface area (Å²) in [7, 11) is 0. The summed E-state index contributed by atoms with van der Waals surface area (Å²) in [5.74, 6) is 1.71. The van der Waals surface area contributed by atoms with Gasteiger partial charge in [-0.1, -0.05) is 39.8 Å². The van der Waals surface area contributed by atoms with E-state index >= 15 is 0 Å². The normalized spacial score (nSPS) is 13.6. The SMILES string of the molecule is C[C@@H](Sc1nnc(-c2ccc3c(c2)OCO3)o1)C(=O)c1ccc(Br)cc1. The minimum atomic E-state index is -0.346. The predicted octanol–water partition coefficient (Wildman–Crippen LogP) is 4.59. The van der Waals surface area contributed by atoms with Crippen molar-refractivity contribution < 1.29 is 18.7 Å². The Balaban J connectivity index is 1.48. The third kappa shape index (κ3) is 3.47. The molecule has 0 N–H and O–H groups in total. The molecule has 2 heterocycles. The standard InChI is InChI=1S/C18H13BrN2O4S/c1-10(16(22)11-2-5-13(19)6-3-11)26-18-21-20-17(25-18)12-4-7-14-15(8-12)24-9-23-14/h2-8,10H,9H2,1H3/t10-/m1/s1. The number of carbonyl (C=O) groups excluding carboxylic acids is 1. The number of halogens is 1. The maximum atomic E-state index is 12.5. The third-order valence-electron chi connectivity index (χ3n) is 3.80. The molecule has 8 heteroatoms. The van der Waals surface area contributed by atoms with E-state index in [9.17, 15) is 4.79 Å². The van der Waals surface area contributed by atoms with Crippen LogP contribution in [-0.2, 0) is 0 Å². The van der Waals surface area contributed by atoms with Crippen molar-refractivity contribution in [3.63, 3.8) is 0 Å². The fraction of sp³-hybridized carbons (Fsp3) is 0.167. The van der Waals surface area contributed by atoms with Gasteiger partial charge in [-0.15, -0.1) is 10.2 Å². The number of hydrogen-bond acceptors (Lipinski definition) is 7. The van der Waals surface area contributed by atoms with Crippen molar-refractivity contribution in [3.8, 4) is 23.0 Å². The zero-order valence-corrected chi connectivity index (χ0v) is 16.0. The Kier molecular flexibility index (Phi) is 4.69. The van der Waals surface area contributed by atoms with Crippen molar-refractivity contribution in [1.29, 1.82) is 0 Å². The molecule has 0 saturated heterocycles. The number of fused-ring (bicyclic) bond motifs is 1.